The van der Waals surface area contributed by atoms with Crippen molar-refractivity contribution in [2.24, 2.45) is 11.8 Å². The molecule has 2 unspecified atom stereocenters. The molecular formula is C18H19BrN2O3. The molecule has 1 aliphatic rings. The van der Waals surface area contributed by atoms with Crippen molar-refractivity contribution in [3.05, 3.63) is 40.0 Å². The fourth-order valence-corrected chi connectivity index (χ4v) is 3.74. The first-order valence-electron chi connectivity index (χ1n) is 7.94. The number of carboxylic acids is 1. The van der Waals surface area contributed by atoms with E-state index in [0.717, 1.165) is 21.1 Å². The molecule has 6 heteroatoms. The van der Waals surface area contributed by atoms with Gasteiger partial charge in [-0.05, 0) is 43.5 Å². The summed E-state index contributed by atoms with van der Waals surface area (Å²) in [4.78, 5) is 30.6. The number of aromatic nitrogens is 1. The van der Waals surface area contributed by atoms with E-state index in [1.54, 1.807) is 11.0 Å². The molecule has 126 valence electrons. The number of hydrogen-bond donors (Lipinski definition) is 1. The summed E-state index contributed by atoms with van der Waals surface area (Å²) in [5.74, 6) is -1.29. The lowest BCUT2D eigenvalue weighted by atomic mass is 9.90. The van der Waals surface area contributed by atoms with Gasteiger partial charge in [0.2, 0.25) is 0 Å². The predicted octanol–water partition coefficient (Wildman–Crippen LogP) is 3.49. The number of pyridine rings is 1. The Morgan fingerprint density at radius 3 is 2.75 bits per heavy atom. The van der Waals surface area contributed by atoms with Crippen LogP contribution < -0.4 is 0 Å². The Balaban J connectivity index is 2.01. The normalized spacial score (nSPS) is 21.0. The molecule has 0 saturated carbocycles. The Morgan fingerprint density at radius 1 is 1.29 bits per heavy atom. The maximum absolute atomic E-state index is 13.1. The molecule has 1 saturated heterocycles. The monoisotopic (exact) mass is 390 g/mol. The number of carboxylic acid groups (broad SMARTS) is 1. The van der Waals surface area contributed by atoms with Gasteiger partial charge in [-0.15, -0.1) is 0 Å². The van der Waals surface area contributed by atoms with Crippen molar-refractivity contribution >= 4 is 38.7 Å². The molecule has 1 amide bonds. The number of aliphatic carboxylic acids is 1. The van der Waals surface area contributed by atoms with Gasteiger partial charge < -0.3 is 10.0 Å². The first-order valence-corrected chi connectivity index (χ1v) is 8.73. The van der Waals surface area contributed by atoms with Crippen LogP contribution in [0.5, 0.6) is 0 Å². The van der Waals surface area contributed by atoms with Gasteiger partial charge in [0.25, 0.3) is 5.91 Å². The number of fused-ring (bicyclic) bond motifs is 1. The fourth-order valence-electron chi connectivity index (χ4n) is 3.37. The molecule has 2 aromatic rings. The Kier molecular flexibility index (Phi) is 4.58. The van der Waals surface area contributed by atoms with Gasteiger partial charge in [-0.3, -0.25) is 14.6 Å². The number of hydrogen-bond acceptors (Lipinski definition) is 3. The third-order valence-electron chi connectivity index (χ3n) is 4.43. The number of amides is 1. The van der Waals surface area contributed by atoms with Crippen molar-refractivity contribution in [3.8, 4) is 0 Å². The Labute approximate surface area is 148 Å². The number of likely N-dealkylation sites (tertiary alicyclic amines) is 1. The molecule has 1 aromatic carbocycles. The SMILES string of the molecule is Cc1cc(C(=O)N2CC(C)CC(C(=O)O)C2)c2cc(Br)ccc2n1. The number of rotatable bonds is 2. The number of aryl methyl sites for hydroxylation is 1. The van der Waals surface area contributed by atoms with Gasteiger partial charge in [-0.1, -0.05) is 22.9 Å². The summed E-state index contributed by atoms with van der Waals surface area (Å²) in [6.45, 7) is 4.69. The van der Waals surface area contributed by atoms with E-state index >= 15 is 0 Å². The second-order valence-electron chi connectivity index (χ2n) is 6.56. The minimum Gasteiger partial charge on any atom is -0.481 e. The van der Waals surface area contributed by atoms with Gasteiger partial charge in [0.05, 0.1) is 17.0 Å². The molecule has 1 fully saturated rings. The predicted molar refractivity (Wildman–Crippen MR) is 95.0 cm³/mol. The Morgan fingerprint density at radius 2 is 2.04 bits per heavy atom. The van der Waals surface area contributed by atoms with Crippen LogP contribution >= 0.6 is 15.9 Å². The molecule has 0 spiro atoms. The molecule has 24 heavy (non-hydrogen) atoms. The van der Waals surface area contributed by atoms with E-state index in [0.29, 0.717) is 18.5 Å². The average molecular weight is 391 g/mol. The molecule has 1 N–H and O–H groups in total. The van der Waals surface area contributed by atoms with Crippen molar-refractivity contribution in [1.82, 2.24) is 9.88 Å². The van der Waals surface area contributed by atoms with E-state index in [1.165, 1.54) is 0 Å². The number of carbonyl (C=O) groups excluding carboxylic acids is 1. The van der Waals surface area contributed by atoms with Crippen molar-refractivity contribution in [3.63, 3.8) is 0 Å². The summed E-state index contributed by atoms with van der Waals surface area (Å²) >= 11 is 3.44. The summed E-state index contributed by atoms with van der Waals surface area (Å²) in [7, 11) is 0. The molecule has 5 nitrogen and oxygen atoms in total. The van der Waals surface area contributed by atoms with E-state index in [-0.39, 0.29) is 18.4 Å². The van der Waals surface area contributed by atoms with E-state index in [2.05, 4.69) is 20.9 Å². The number of piperidine rings is 1. The standard InChI is InChI=1S/C18H19BrN2O3/c1-10-5-12(18(23)24)9-21(8-10)17(22)15-6-11(2)20-16-4-3-13(19)7-14(15)16/h3-4,6-7,10,12H,5,8-9H2,1-2H3,(H,23,24). The summed E-state index contributed by atoms with van der Waals surface area (Å²) in [6.07, 6.45) is 0.612. The molecule has 3 rings (SSSR count). The van der Waals surface area contributed by atoms with Crippen LogP contribution in [0.3, 0.4) is 0 Å². The van der Waals surface area contributed by atoms with Gasteiger partial charge in [0.15, 0.2) is 0 Å². The van der Waals surface area contributed by atoms with Crippen LogP contribution in [0.4, 0.5) is 0 Å². The molecule has 0 bridgehead atoms. The third-order valence-corrected chi connectivity index (χ3v) is 4.92. The van der Waals surface area contributed by atoms with Crippen LogP contribution in [-0.2, 0) is 4.79 Å². The summed E-state index contributed by atoms with van der Waals surface area (Å²) < 4.78 is 0.880. The largest absolute Gasteiger partial charge is 0.481 e. The van der Waals surface area contributed by atoms with Crippen LogP contribution in [0, 0.1) is 18.8 Å². The molecule has 1 aromatic heterocycles. The second-order valence-corrected chi connectivity index (χ2v) is 7.47. The van der Waals surface area contributed by atoms with Gasteiger partial charge in [-0.25, -0.2) is 0 Å². The lowest BCUT2D eigenvalue weighted by Crippen LogP contribution is -2.45. The number of carbonyl (C=O) groups is 2. The zero-order chi connectivity index (χ0) is 17.4. The highest BCUT2D eigenvalue weighted by atomic mass is 79.9. The van der Waals surface area contributed by atoms with Crippen LogP contribution in [0.25, 0.3) is 10.9 Å². The third kappa shape index (κ3) is 3.29. The maximum atomic E-state index is 13.1. The van der Waals surface area contributed by atoms with E-state index in [9.17, 15) is 14.7 Å². The molecule has 2 heterocycles. The van der Waals surface area contributed by atoms with Crippen LogP contribution in [0.1, 0.15) is 29.4 Å². The molecule has 2 atom stereocenters. The highest BCUT2D eigenvalue weighted by Gasteiger charge is 2.32. The maximum Gasteiger partial charge on any atom is 0.308 e. The Bertz CT molecular complexity index is 821. The zero-order valence-electron chi connectivity index (χ0n) is 13.6. The summed E-state index contributed by atoms with van der Waals surface area (Å²) in [6, 6.07) is 7.44. The topological polar surface area (TPSA) is 70.5 Å². The second kappa shape index (κ2) is 6.51. The number of nitrogens with zero attached hydrogens (tertiary/aromatic N) is 2. The summed E-state index contributed by atoms with van der Waals surface area (Å²) in [5.41, 5.74) is 2.12. The highest BCUT2D eigenvalue weighted by molar-refractivity contribution is 9.10. The van der Waals surface area contributed by atoms with Crippen molar-refractivity contribution in [2.45, 2.75) is 20.3 Å². The van der Waals surface area contributed by atoms with Gasteiger partial charge in [0, 0.05) is 28.6 Å². The van der Waals surface area contributed by atoms with Crippen molar-refractivity contribution in [1.29, 1.82) is 0 Å². The molecule has 0 aliphatic carbocycles. The lowest BCUT2D eigenvalue weighted by Gasteiger charge is -2.35. The zero-order valence-corrected chi connectivity index (χ0v) is 15.2. The smallest absolute Gasteiger partial charge is 0.308 e. The number of halogens is 1. The quantitative estimate of drug-likeness (QED) is 0.851. The summed E-state index contributed by atoms with van der Waals surface area (Å²) in [5, 5.41) is 10.1. The van der Waals surface area contributed by atoms with Crippen LogP contribution in [-0.4, -0.2) is 40.0 Å². The molecule has 0 radical (unpaired) electrons. The van der Waals surface area contributed by atoms with Gasteiger partial charge >= 0.3 is 5.97 Å². The fraction of sp³-hybridized carbons (Fsp3) is 0.389. The minimum absolute atomic E-state index is 0.124. The van der Waals surface area contributed by atoms with E-state index in [4.69, 9.17) is 0 Å². The number of benzene rings is 1. The van der Waals surface area contributed by atoms with Gasteiger partial charge in [-0.2, -0.15) is 0 Å². The molecule has 1 aliphatic heterocycles. The van der Waals surface area contributed by atoms with E-state index in [1.807, 2.05) is 32.0 Å². The van der Waals surface area contributed by atoms with Crippen molar-refractivity contribution < 1.29 is 14.7 Å². The first-order chi connectivity index (χ1) is 11.3. The highest BCUT2D eigenvalue weighted by Crippen LogP contribution is 2.27. The van der Waals surface area contributed by atoms with Gasteiger partial charge in [0.1, 0.15) is 0 Å². The average Bonchev–Trinajstić information content (AvgIpc) is 2.53. The van der Waals surface area contributed by atoms with E-state index < -0.39 is 11.9 Å². The van der Waals surface area contributed by atoms with Crippen LogP contribution in [0.15, 0.2) is 28.7 Å². The molecular weight excluding hydrogens is 372 g/mol. The first kappa shape index (κ1) is 16.9. The minimum atomic E-state index is -0.835. The lowest BCUT2D eigenvalue weighted by molar-refractivity contribution is -0.143. The van der Waals surface area contributed by atoms with Crippen molar-refractivity contribution in [2.75, 3.05) is 13.1 Å². The van der Waals surface area contributed by atoms with Crippen LogP contribution in [0.2, 0.25) is 0 Å². The Hall–Kier alpha value is -1.95.